The smallest absolute Gasteiger partial charge is 0.303 e. The third kappa shape index (κ3) is 15.0. The van der Waals surface area contributed by atoms with Crippen molar-refractivity contribution in [3.8, 4) is 0 Å². The molecule has 1 aliphatic rings. The van der Waals surface area contributed by atoms with Gasteiger partial charge in [0.1, 0.15) is 18.1 Å². The van der Waals surface area contributed by atoms with Crippen LogP contribution >= 0.6 is 0 Å². The Morgan fingerprint density at radius 2 is 1.42 bits per heavy atom. The summed E-state index contributed by atoms with van der Waals surface area (Å²) in [7, 11) is 0. The molecule has 0 saturated carbocycles. The maximum atomic E-state index is 13.8. The number of nitrogens with one attached hydrogen (secondary N) is 5. The second-order valence-corrected chi connectivity index (χ2v) is 11.5. The van der Waals surface area contributed by atoms with Crippen molar-refractivity contribution in [3.63, 3.8) is 0 Å². The number of aliphatic imine (C=N–C) groups is 1. The van der Waals surface area contributed by atoms with Crippen LogP contribution in [0.2, 0.25) is 0 Å². The SMILES string of the molecule is CCC(=O)NCCCC[C@@H]1NC(=O)[C@H](Cc2ccccc2)NC(=O)[C@H](CCC(=O)O)NC(=O)CCC(=O)[C@H](CCCN=C(N)N)NC1=O. The number of rotatable bonds is 15. The topological polar surface area (TPSA) is 264 Å². The largest absolute Gasteiger partial charge is 0.481 e. The lowest BCUT2D eigenvalue weighted by Gasteiger charge is -2.26. The van der Waals surface area contributed by atoms with E-state index in [9.17, 15) is 38.7 Å². The number of aliphatic carboxylic acids is 1. The molecule has 48 heavy (non-hydrogen) atoms. The predicted octanol–water partition coefficient (Wildman–Crippen LogP) is -0.854. The van der Waals surface area contributed by atoms with Crippen LogP contribution in [0, 0.1) is 0 Å². The molecule has 1 heterocycles. The number of carbonyl (C=O) groups excluding carboxylic acids is 6. The van der Waals surface area contributed by atoms with Gasteiger partial charge in [0.15, 0.2) is 11.7 Å². The lowest BCUT2D eigenvalue weighted by molar-refractivity contribution is -0.138. The molecule has 1 aliphatic heterocycles. The van der Waals surface area contributed by atoms with Crippen LogP contribution < -0.4 is 38.1 Å². The Kier molecular flexibility index (Phi) is 17.1. The molecule has 0 aromatic heterocycles. The summed E-state index contributed by atoms with van der Waals surface area (Å²) in [6, 6.07) is 4.16. The Hall–Kier alpha value is -5.02. The molecule has 0 radical (unpaired) electrons. The number of carboxylic acid groups (broad SMARTS) is 1. The molecule has 0 spiro atoms. The second kappa shape index (κ2) is 21.0. The minimum absolute atomic E-state index is 0.0291. The Balaban J connectivity index is 2.43. The zero-order valence-corrected chi connectivity index (χ0v) is 27.3. The molecule has 16 heteroatoms. The minimum atomic E-state index is -1.30. The number of nitrogens with zero attached hydrogens (tertiary/aromatic N) is 1. The molecule has 1 aromatic rings. The average Bonchev–Trinajstić information content (AvgIpc) is 3.05. The Morgan fingerprint density at radius 1 is 0.812 bits per heavy atom. The molecule has 5 amide bonds. The van der Waals surface area contributed by atoms with Gasteiger partial charge in [0, 0.05) is 45.2 Å². The number of hydrogen-bond donors (Lipinski definition) is 8. The van der Waals surface area contributed by atoms with Crippen LogP contribution in [0.5, 0.6) is 0 Å². The molecule has 2 rings (SSSR count). The summed E-state index contributed by atoms with van der Waals surface area (Å²) >= 11 is 0. The Labute approximate surface area is 279 Å². The number of amides is 5. The predicted molar refractivity (Wildman–Crippen MR) is 176 cm³/mol. The summed E-state index contributed by atoms with van der Waals surface area (Å²) in [6.45, 7) is 2.28. The van der Waals surface area contributed by atoms with E-state index in [-0.39, 0.29) is 56.9 Å². The van der Waals surface area contributed by atoms with E-state index in [2.05, 4.69) is 31.6 Å². The van der Waals surface area contributed by atoms with Crippen LogP contribution in [0.25, 0.3) is 0 Å². The quantitative estimate of drug-likeness (QED) is 0.0649. The molecule has 0 aliphatic carbocycles. The van der Waals surface area contributed by atoms with Crippen molar-refractivity contribution in [2.24, 2.45) is 16.5 Å². The van der Waals surface area contributed by atoms with E-state index in [1.807, 2.05) is 0 Å². The van der Waals surface area contributed by atoms with E-state index in [4.69, 9.17) is 11.5 Å². The highest BCUT2D eigenvalue weighted by Gasteiger charge is 2.32. The van der Waals surface area contributed by atoms with E-state index in [0.29, 0.717) is 37.8 Å². The molecule has 0 unspecified atom stereocenters. The van der Waals surface area contributed by atoms with E-state index in [0.717, 1.165) is 0 Å². The maximum Gasteiger partial charge on any atom is 0.303 e. The van der Waals surface area contributed by atoms with Gasteiger partial charge < -0.3 is 43.2 Å². The van der Waals surface area contributed by atoms with Crippen LogP contribution in [0.1, 0.15) is 76.7 Å². The molecule has 4 atom stereocenters. The first-order valence-electron chi connectivity index (χ1n) is 16.2. The van der Waals surface area contributed by atoms with E-state index in [1.165, 1.54) is 0 Å². The zero-order valence-electron chi connectivity index (χ0n) is 27.3. The fourth-order valence-corrected chi connectivity index (χ4v) is 5.00. The van der Waals surface area contributed by atoms with Gasteiger partial charge in [0.2, 0.25) is 29.5 Å². The number of guanidine groups is 1. The molecule has 1 saturated heterocycles. The van der Waals surface area contributed by atoms with E-state index >= 15 is 0 Å². The summed E-state index contributed by atoms with van der Waals surface area (Å²) in [5, 5.41) is 22.6. The summed E-state index contributed by atoms with van der Waals surface area (Å²) in [4.78, 5) is 93.9. The Morgan fingerprint density at radius 3 is 2.06 bits per heavy atom. The van der Waals surface area contributed by atoms with Crippen molar-refractivity contribution >= 4 is 47.2 Å². The van der Waals surface area contributed by atoms with Crippen molar-refractivity contribution in [1.82, 2.24) is 26.6 Å². The Bertz CT molecular complexity index is 1300. The molecule has 1 aromatic carbocycles. The van der Waals surface area contributed by atoms with E-state index < -0.39 is 66.0 Å². The van der Waals surface area contributed by atoms with Gasteiger partial charge in [-0.05, 0) is 44.1 Å². The highest BCUT2D eigenvalue weighted by Crippen LogP contribution is 2.11. The summed E-state index contributed by atoms with van der Waals surface area (Å²) in [5.74, 6) is -4.69. The lowest BCUT2D eigenvalue weighted by atomic mass is 10.0. The number of benzene rings is 1. The highest BCUT2D eigenvalue weighted by atomic mass is 16.4. The van der Waals surface area contributed by atoms with Crippen LogP contribution in [-0.2, 0) is 40.0 Å². The molecule has 16 nitrogen and oxygen atoms in total. The number of carbonyl (C=O) groups is 7. The average molecular weight is 673 g/mol. The lowest BCUT2D eigenvalue weighted by Crippen LogP contribution is -2.58. The number of carboxylic acids is 1. The molecular weight excluding hydrogens is 624 g/mol. The molecule has 10 N–H and O–H groups in total. The first-order valence-corrected chi connectivity index (χ1v) is 16.2. The van der Waals surface area contributed by atoms with Gasteiger partial charge >= 0.3 is 5.97 Å². The van der Waals surface area contributed by atoms with Crippen molar-refractivity contribution in [3.05, 3.63) is 35.9 Å². The number of Topliss-reactive ketones (excluding diaryl/α,β-unsaturated/α-hetero) is 1. The fourth-order valence-electron chi connectivity index (χ4n) is 5.00. The summed E-state index contributed by atoms with van der Waals surface area (Å²) < 4.78 is 0. The molecule has 1 fully saturated rings. The van der Waals surface area contributed by atoms with Crippen molar-refractivity contribution < 1.29 is 38.7 Å². The maximum absolute atomic E-state index is 13.8. The second-order valence-electron chi connectivity index (χ2n) is 11.5. The van der Waals surface area contributed by atoms with Crippen LogP contribution in [0.15, 0.2) is 35.3 Å². The van der Waals surface area contributed by atoms with E-state index in [1.54, 1.807) is 37.3 Å². The third-order valence-corrected chi connectivity index (χ3v) is 7.66. The van der Waals surface area contributed by atoms with Gasteiger partial charge in [0.25, 0.3) is 0 Å². The summed E-state index contributed by atoms with van der Waals surface area (Å²) in [5.41, 5.74) is 11.5. The van der Waals surface area contributed by atoms with Crippen molar-refractivity contribution in [2.45, 2.75) is 102 Å². The number of unbranched alkanes of at least 4 members (excludes halogenated alkanes) is 1. The van der Waals surface area contributed by atoms with Gasteiger partial charge in [-0.25, -0.2) is 0 Å². The number of hydrogen-bond acceptors (Lipinski definition) is 8. The first kappa shape index (κ1) is 39.2. The normalized spacial score (nSPS) is 21.0. The number of nitrogens with two attached hydrogens (primary N) is 2. The minimum Gasteiger partial charge on any atom is -0.481 e. The van der Waals surface area contributed by atoms with Crippen molar-refractivity contribution in [1.29, 1.82) is 0 Å². The van der Waals surface area contributed by atoms with Gasteiger partial charge in [-0.2, -0.15) is 0 Å². The van der Waals surface area contributed by atoms with Crippen LogP contribution in [0.4, 0.5) is 0 Å². The highest BCUT2D eigenvalue weighted by molar-refractivity contribution is 5.97. The zero-order chi connectivity index (χ0) is 35.5. The monoisotopic (exact) mass is 672 g/mol. The molecule has 0 bridgehead atoms. The standard InChI is InChI=1S/C32H48N8O8/c1-2-26(42)35-17-7-6-11-22-29(46)38-21(12-8-18-36-32(33)34)25(41)14-15-27(43)37-23(13-16-28(44)45)30(47)40-24(31(48)39-22)19-20-9-4-3-5-10-20/h3-5,9-10,21-24H,2,6-8,11-19H2,1H3,(H,35,42)(H,37,43)(H,38,46)(H,39,48)(H,40,47)(H,44,45)(H4,33,34,36)/t21-,22-,23-,24-/m0/s1. The molecule has 264 valence electrons. The van der Waals surface area contributed by atoms with Gasteiger partial charge in [0.05, 0.1) is 6.04 Å². The van der Waals surface area contributed by atoms with Crippen LogP contribution in [-0.4, -0.2) is 89.6 Å². The van der Waals surface area contributed by atoms with Crippen LogP contribution in [0.3, 0.4) is 0 Å². The van der Waals surface area contributed by atoms with Gasteiger partial charge in [-0.15, -0.1) is 0 Å². The fraction of sp³-hybridized carbons (Fsp3) is 0.562. The van der Waals surface area contributed by atoms with Gasteiger partial charge in [-0.1, -0.05) is 37.3 Å². The third-order valence-electron chi connectivity index (χ3n) is 7.66. The number of ketones is 1. The van der Waals surface area contributed by atoms with Crippen molar-refractivity contribution in [2.75, 3.05) is 13.1 Å². The van der Waals surface area contributed by atoms with Gasteiger partial charge in [-0.3, -0.25) is 38.6 Å². The summed E-state index contributed by atoms with van der Waals surface area (Å²) in [6.07, 6.45) is 0.607. The molecular formula is C32H48N8O8. The first-order chi connectivity index (χ1) is 22.9.